The van der Waals surface area contributed by atoms with E-state index in [1.807, 2.05) is 13.8 Å². The molecular formula is C21H27N7O3. The van der Waals surface area contributed by atoms with Gasteiger partial charge in [0.05, 0.1) is 12.1 Å². The predicted molar refractivity (Wildman–Crippen MR) is 119 cm³/mol. The van der Waals surface area contributed by atoms with Crippen molar-refractivity contribution >= 4 is 23.8 Å². The third-order valence-corrected chi connectivity index (χ3v) is 5.25. The number of likely N-dealkylation sites (tertiary alicyclic amines) is 1. The fraction of sp³-hybridized carbons (Fsp3) is 0.381. The zero-order valence-corrected chi connectivity index (χ0v) is 17.6. The molecule has 1 atom stereocenters. The molecule has 1 aliphatic rings. The van der Waals surface area contributed by atoms with Crippen molar-refractivity contribution in [2.24, 2.45) is 27.6 Å². The molecule has 10 heteroatoms. The summed E-state index contributed by atoms with van der Waals surface area (Å²) < 4.78 is 1.57. The summed E-state index contributed by atoms with van der Waals surface area (Å²) in [6, 6.07) is 10.2. The van der Waals surface area contributed by atoms with E-state index in [2.05, 4.69) is 15.1 Å². The van der Waals surface area contributed by atoms with Crippen LogP contribution in [0.25, 0.3) is 5.69 Å². The number of nitro groups is 1. The van der Waals surface area contributed by atoms with Crippen molar-refractivity contribution in [3.05, 3.63) is 57.8 Å². The van der Waals surface area contributed by atoms with E-state index in [0.29, 0.717) is 17.8 Å². The first-order valence-electron chi connectivity index (χ1n) is 10.1. The lowest BCUT2D eigenvalue weighted by Crippen LogP contribution is -2.31. The lowest BCUT2D eigenvalue weighted by molar-refractivity contribution is -0.391. The molecule has 3 rings (SSSR count). The summed E-state index contributed by atoms with van der Waals surface area (Å²) in [7, 11) is 0. The number of carbonyl (C=O) groups is 1. The highest BCUT2D eigenvalue weighted by atomic mass is 16.6. The maximum Gasteiger partial charge on any atom is 0.328 e. The molecule has 164 valence electrons. The molecule has 0 saturated carbocycles. The molecule has 1 aromatic heterocycles. The van der Waals surface area contributed by atoms with Crippen LogP contribution in [0.3, 0.4) is 0 Å². The van der Waals surface area contributed by atoms with Crippen LogP contribution < -0.4 is 11.5 Å². The molecule has 1 aromatic carbocycles. The number of rotatable bonds is 8. The van der Waals surface area contributed by atoms with Gasteiger partial charge in [0.25, 0.3) is 0 Å². The first-order valence-corrected chi connectivity index (χ1v) is 10.1. The number of aromatic nitrogens is 1. The van der Waals surface area contributed by atoms with Gasteiger partial charge in [-0.3, -0.25) is 9.69 Å². The molecular weight excluding hydrogens is 398 g/mol. The number of nitrogens with zero attached hydrogens (tertiary/aromatic N) is 5. The smallest absolute Gasteiger partial charge is 0.328 e. The van der Waals surface area contributed by atoms with Gasteiger partial charge in [-0.05, 0) is 42.5 Å². The van der Waals surface area contributed by atoms with Crippen molar-refractivity contribution in [3.8, 4) is 5.69 Å². The quantitative estimate of drug-likeness (QED) is 0.218. The van der Waals surface area contributed by atoms with Crippen molar-refractivity contribution in [2.45, 2.75) is 39.3 Å². The van der Waals surface area contributed by atoms with Crippen LogP contribution in [0, 0.1) is 16.0 Å². The van der Waals surface area contributed by atoms with E-state index >= 15 is 0 Å². The molecule has 1 saturated heterocycles. The number of nitrogens with two attached hydrogens (primary N) is 2. The Hall–Kier alpha value is -3.53. The van der Waals surface area contributed by atoms with E-state index < -0.39 is 4.92 Å². The summed E-state index contributed by atoms with van der Waals surface area (Å²) in [4.78, 5) is 26.3. The lowest BCUT2D eigenvalue weighted by atomic mass is 9.99. The molecule has 0 aliphatic carbocycles. The van der Waals surface area contributed by atoms with Crippen molar-refractivity contribution < 1.29 is 9.72 Å². The third-order valence-electron chi connectivity index (χ3n) is 5.25. The normalized spacial score (nSPS) is 16.8. The Balaban J connectivity index is 2.00. The summed E-state index contributed by atoms with van der Waals surface area (Å²) in [5.41, 5.74) is 12.3. The van der Waals surface area contributed by atoms with Gasteiger partial charge < -0.3 is 21.6 Å². The van der Waals surface area contributed by atoms with Crippen molar-refractivity contribution in [1.82, 2.24) is 9.47 Å². The van der Waals surface area contributed by atoms with Crippen LogP contribution in [0.4, 0.5) is 5.82 Å². The zero-order valence-electron chi connectivity index (χ0n) is 17.6. The fourth-order valence-corrected chi connectivity index (χ4v) is 3.80. The number of para-hydroxylation sites is 1. The largest absolute Gasteiger partial charge is 0.369 e. The number of carbonyl (C=O) groups excluding carboxylic acids is 1. The molecule has 10 nitrogen and oxygen atoms in total. The van der Waals surface area contributed by atoms with E-state index in [-0.39, 0.29) is 29.5 Å². The van der Waals surface area contributed by atoms with Crippen LogP contribution in [-0.2, 0) is 6.54 Å². The van der Waals surface area contributed by atoms with Crippen LogP contribution in [0.1, 0.15) is 42.7 Å². The number of ketones is 1. The fourth-order valence-electron chi connectivity index (χ4n) is 3.80. The van der Waals surface area contributed by atoms with E-state index in [4.69, 9.17) is 11.5 Å². The molecule has 1 unspecified atom stereocenters. The van der Waals surface area contributed by atoms with Gasteiger partial charge in [-0.2, -0.15) is 9.67 Å². The Morgan fingerprint density at radius 1 is 1.29 bits per heavy atom. The maximum absolute atomic E-state index is 12.8. The Morgan fingerprint density at radius 2 is 2.03 bits per heavy atom. The predicted octanol–water partition coefficient (Wildman–Crippen LogP) is 2.45. The Bertz CT molecular complexity index is 1020. The third kappa shape index (κ3) is 4.97. The molecule has 1 fully saturated rings. The van der Waals surface area contributed by atoms with E-state index in [1.54, 1.807) is 41.1 Å². The van der Waals surface area contributed by atoms with Crippen LogP contribution in [-0.4, -0.2) is 44.9 Å². The molecule has 0 amide bonds. The first-order chi connectivity index (χ1) is 14.8. The minimum Gasteiger partial charge on any atom is -0.369 e. The summed E-state index contributed by atoms with van der Waals surface area (Å²) >= 11 is 0. The Kier molecular flexibility index (Phi) is 6.81. The topological polar surface area (TPSA) is 145 Å². The van der Waals surface area contributed by atoms with Gasteiger partial charge in [-0.1, -0.05) is 26.0 Å². The van der Waals surface area contributed by atoms with Gasteiger partial charge in [0, 0.05) is 24.2 Å². The van der Waals surface area contributed by atoms with Gasteiger partial charge in [0.1, 0.15) is 11.4 Å². The Labute approximate surface area is 180 Å². The number of hydrogen-bond donors (Lipinski definition) is 2. The monoisotopic (exact) mass is 425 g/mol. The number of Topliss-reactive ketones (excluding diaryl/α,β-unsaturated/α-hetero) is 1. The minimum atomic E-state index is -0.429. The molecule has 0 radical (unpaired) electrons. The second kappa shape index (κ2) is 9.52. The standard InChI is InChI=1S/C21H27N7O3/c1-14(2)20(29)17-7-3-4-8-18(17)27-16(9-10-19(27)28(30)31)13-26-11-5-6-15(26)12-24-25-21(22)23/h3-4,7-10,12,14-15H,5-6,11,13H2,1-2H3,(H4,22,23,25)/b24-12+. The molecule has 0 bridgehead atoms. The molecule has 31 heavy (non-hydrogen) atoms. The van der Waals surface area contributed by atoms with Gasteiger partial charge in [0.2, 0.25) is 5.96 Å². The first kappa shape index (κ1) is 22.2. The van der Waals surface area contributed by atoms with Crippen molar-refractivity contribution in [3.63, 3.8) is 0 Å². The van der Waals surface area contributed by atoms with Crippen LogP contribution in [0.15, 0.2) is 46.6 Å². The van der Waals surface area contributed by atoms with Gasteiger partial charge in [-0.25, -0.2) is 0 Å². The van der Waals surface area contributed by atoms with Crippen LogP contribution in [0.2, 0.25) is 0 Å². The summed E-state index contributed by atoms with van der Waals surface area (Å²) in [6.07, 6.45) is 3.53. The highest BCUT2D eigenvalue weighted by Gasteiger charge is 2.30. The molecule has 4 N–H and O–H groups in total. The molecule has 2 heterocycles. The highest BCUT2D eigenvalue weighted by molar-refractivity contribution is 6.00. The highest BCUT2D eigenvalue weighted by Crippen LogP contribution is 2.29. The summed E-state index contributed by atoms with van der Waals surface area (Å²) in [5.74, 6) is -0.484. The second-order valence-electron chi connectivity index (χ2n) is 7.78. The second-order valence-corrected chi connectivity index (χ2v) is 7.78. The SMILES string of the molecule is CC(C)C(=O)c1ccccc1-n1c(CN2CCCC2/C=N/N=C(N)N)ccc1[N+](=O)[O-]. The van der Waals surface area contributed by atoms with Gasteiger partial charge in [-0.15, -0.1) is 5.10 Å². The number of benzene rings is 1. The van der Waals surface area contributed by atoms with Crippen LogP contribution >= 0.6 is 0 Å². The van der Waals surface area contributed by atoms with Crippen molar-refractivity contribution in [1.29, 1.82) is 0 Å². The van der Waals surface area contributed by atoms with E-state index in [9.17, 15) is 14.9 Å². The average molecular weight is 425 g/mol. The maximum atomic E-state index is 12.8. The van der Waals surface area contributed by atoms with Crippen molar-refractivity contribution in [2.75, 3.05) is 6.54 Å². The summed E-state index contributed by atoms with van der Waals surface area (Å²) in [5, 5.41) is 19.3. The minimum absolute atomic E-state index is 0.0121. The Morgan fingerprint density at radius 3 is 2.71 bits per heavy atom. The molecule has 0 spiro atoms. The number of hydrogen-bond acceptors (Lipinski definition) is 6. The van der Waals surface area contributed by atoms with E-state index in [1.165, 1.54) is 6.07 Å². The molecule has 2 aromatic rings. The van der Waals surface area contributed by atoms with Crippen LogP contribution in [0.5, 0.6) is 0 Å². The van der Waals surface area contributed by atoms with Gasteiger partial charge >= 0.3 is 5.82 Å². The summed E-state index contributed by atoms with van der Waals surface area (Å²) in [6.45, 7) is 4.89. The molecule has 1 aliphatic heterocycles. The van der Waals surface area contributed by atoms with Gasteiger partial charge in [0.15, 0.2) is 5.78 Å². The lowest BCUT2D eigenvalue weighted by Gasteiger charge is -2.20. The number of guanidine groups is 1. The zero-order chi connectivity index (χ0) is 22.5. The van der Waals surface area contributed by atoms with E-state index in [0.717, 1.165) is 25.1 Å². The average Bonchev–Trinajstić information content (AvgIpc) is 3.34.